The lowest BCUT2D eigenvalue weighted by Crippen LogP contribution is -2.40. The second-order valence-electron chi connectivity index (χ2n) is 9.60. The molecular formula is C22H30BrNO6S. The van der Waals surface area contributed by atoms with Gasteiger partial charge in [-0.05, 0) is 76.5 Å². The van der Waals surface area contributed by atoms with Crippen LogP contribution in [0.15, 0.2) is 22.7 Å². The fourth-order valence-corrected chi connectivity index (χ4v) is 6.51. The number of fused-ring (bicyclic) bond motifs is 1. The van der Waals surface area contributed by atoms with Gasteiger partial charge in [0.1, 0.15) is 0 Å². The van der Waals surface area contributed by atoms with Crippen LogP contribution in [0.2, 0.25) is 0 Å². The van der Waals surface area contributed by atoms with Gasteiger partial charge in [0.05, 0.1) is 17.6 Å². The first kappa shape index (κ1) is 23.2. The third-order valence-electron chi connectivity index (χ3n) is 6.68. The maximum atomic E-state index is 12.7. The molecule has 4 rings (SSSR count). The van der Waals surface area contributed by atoms with Gasteiger partial charge >= 0.3 is 16.3 Å². The first-order chi connectivity index (χ1) is 14.4. The van der Waals surface area contributed by atoms with Crippen LogP contribution in [0.5, 0.6) is 0 Å². The largest absolute Gasteiger partial charge is 0.387 e. The van der Waals surface area contributed by atoms with E-state index in [1.54, 1.807) is 0 Å². The summed E-state index contributed by atoms with van der Waals surface area (Å²) in [6, 6.07) is 6.25. The SMILES string of the molecule is Cc1cc(C2CCN(S(=O)(=O)OC(=O)[C@@H]3C[C@@H]4OC(C)(C)O[C@]4(C)C3)CC2)ccc1Br. The zero-order valence-corrected chi connectivity index (χ0v) is 20.8. The molecule has 3 atom stereocenters. The number of aryl methyl sites for hydroxylation is 1. The number of hydrogen-bond donors (Lipinski definition) is 0. The number of ether oxygens (including phenoxy) is 2. The molecule has 31 heavy (non-hydrogen) atoms. The Morgan fingerprint density at radius 2 is 1.90 bits per heavy atom. The Kier molecular flexibility index (Phi) is 6.05. The maximum Gasteiger partial charge on any atom is 0.387 e. The summed E-state index contributed by atoms with van der Waals surface area (Å²) in [6.45, 7) is 8.30. The minimum atomic E-state index is -4.11. The number of hydrogen-bond acceptors (Lipinski definition) is 6. The van der Waals surface area contributed by atoms with Crippen LogP contribution in [0.3, 0.4) is 0 Å². The monoisotopic (exact) mass is 515 g/mol. The minimum Gasteiger partial charge on any atom is -0.344 e. The third kappa shape index (κ3) is 4.71. The second kappa shape index (κ2) is 8.09. The Labute approximate surface area is 192 Å². The first-order valence-corrected chi connectivity index (χ1v) is 12.9. The van der Waals surface area contributed by atoms with E-state index in [4.69, 9.17) is 13.7 Å². The highest BCUT2D eigenvalue weighted by Crippen LogP contribution is 2.49. The van der Waals surface area contributed by atoms with E-state index in [2.05, 4.69) is 28.1 Å². The molecule has 2 aliphatic heterocycles. The third-order valence-corrected chi connectivity index (χ3v) is 8.94. The van der Waals surface area contributed by atoms with Crippen LogP contribution in [0.1, 0.15) is 63.5 Å². The number of nitrogens with zero attached hydrogens (tertiary/aromatic N) is 1. The number of benzene rings is 1. The van der Waals surface area contributed by atoms with Gasteiger partial charge in [-0.3, -0.25) is 4.79 Å². The number of halogens is 1. The zero-order valence-electron chi connectivity index (χ0n) is 18.4. The van der Waals surface area contributed by atoms with Crippen LogP contribution in [0.4, 0.5) is 0 Å². The molecule has 1 saturated carbocycles. The van der Waals surface area contributed by atoms with E-state index in [1.165, 1.54) is 9.87 Å². The number of carbonyl (C=O) groups is 1. The van der Waals surface area contributed by atoms with Gasteiger partial charge in [0, 0.05) is 17.6 Å². The van der Waals surface area contributed by atoms with Gasteiger partial charge in [0.15, 0.2) is 5.79 Å². The van der Waals surface area contributed by atoms with Gasteiger partial charge in [0.2, 0.25) is 0 Å². The average molecular weight is 516 g/mol. The Bertz CT molecular complexity index is 972. The average Bonchev–Trinajstić information content (AvgIpc) is 3.10. The molecule has 3 aliphatic rings. The van der Waals surface area contributed by atoms with E-state index in [0.29, 0.717) is 44.7 Å². The molecule has 9 heteroatoms. The highest BCUT2D eigenvalue weighted by molar-refractivity contribution is 9.10. The van der Waals surface area contributed by atoms with Crippen LogP contribution in [-0.2, 0) is 28.8 Å². The van der Waals surface area contributed by atoms with E-state index < -0.39 is 33.6 Å². The Hall–Kier alpha value is -1.00. The van der Waals surface area contributed by atoms with Crippen molar-refractivity contribution >= 4 is 32.2 Å². The molecule has 0 unspecified atom stereocenters. The van der Waals surface area contributed by atoms with Crippen LogP contribution < -0.4 is 0 Å². The van der Waals surface area contributed by atoms with Crippen LogP contribution in [0, 0.1) is 12.8 Å². The lowest BCUT2D eigenvalue weighted by molar-refractivity contribution is -0.172. The molecule has 2 saturated heterocycles. The predicted molar refractivity (Wildman–Crippen MR) is 119 cm³/mol. The molecule has 0 amide bonds. The fourth-order valence-electron chi connectivity index (χ4n) is 5.16. The predicted octanol–water partition coefficient (Wildman–Crippen LogP) is 4.05. The van der Waals surface area contributed by atoms with Gasteiger partial charge in [-0.25, -0.2) is 0 Å². The molecule has 1 aromatic carbocycles. The molecule has 1 aliphatic carbocycles. The summed E-state index contributed by atoms with van der Waals surface area (Å²) in [7, 11) is -4.11. The Balaban J connectivity index is 1.34. The van der Waals surface area contributed by atoms with E-state index >= 15 is 0 Å². The summed E-state index contributed by atoms with van der Waals surface area (Å²) in [6.07, 6.45) is 1.93. The van der Waals surface area contributed by atoms with Gasteiger partial charge < -0.3 is 13.7 Å². The number of rotatable bonds is 4. The van der Waals surface area contributed by atoms with Crippen molar-refractivity contribution in [2.45, 2.75) is 76.8 Å². The molecule has 0 bridgehead atoms. The van der Waals surface area contributed by atoms with Crippen molar-refractivity contribution in [3.8, 4) is 0 Å². The highest BCUT2D eigenvalue weighted by Gasteiger charge is 2.57. The van der Waals surface area contributed by atoms with Gasteiger partial charge in [-0.2, -0.15) is 12.7 Å². The quantitative estimate of drug-likeness (QED) is 0.601. The Morgan fingerprint density at radius 3 is 2.52 bits per heavy atom. The second-order valence-corrected chi connectivity index (χ2v) is 12.0. The molecule has 7 nitrogen and oxygen atoms in total. The summed E-state index contributed by atoms with van der Waals surface area (Å²) in [5.41, 5.74) is 1.77. The standard InChI is InChI=1S/C22H30BrNO6S/c1-14-11-16(5-6-18(14)23)15-7-9-24(10-8-15)31(26,27)29-20(25)17-12-19-22(4,13-17)30-21(2,3)28-19/h5-6,11,15,17,19H,7-10,12-13H2,1-4H3/t17-,19+,22-/m1/s1. The normalized spacial score (nSPS) is 31.5. The van der Waals surface area contributed by atoms with Crippen molar-refractivity contribution < 1.29 is 26.9 Å². The molecule has 0 N–H and O–H groups in total. The van der Waals surface area contributed by atoms with Gasteiger partial charge in [0.25, 0.3) is 0 Å². The van der Waals surface area contributed by atoms with Crippen molar-refractivity contribution in [2.75, 3.05) is 13.1 Å². The summed E-state index contributed by atoms with van der Waals surface area (Å²) < 4.78 is 44.7. The summed E-state index contributed by atoms with van der Waals surface area (Å²) in [4.78, 5) is 12.6. The van der Waals surface area contributed by atoms with Crippen LogP contribution >= 0.6 is 15.9 Å². The lowest BCUT2D eigenvalue weighted by atomic mass is 9.89. The van der Waals surface area contributed by atoms with Crippen molar-refractivity contribution in [3.05, 3.63) is 33.8 Å². The van der Waals surface area contributed by atoms with Crippen molar-refractivity contribution in [1.29, 1.82) is 0 Å². The van der Waals surface area contributed by atoms with E-state index in [1.807, 2.05) is 33.8 Å². The highest BCUT2D eigenvalue weighted by atomic mass is 79.9. The van der Waals surface area contributed by atoms with E-state index in [-0.39, 0.29) is 6.10 Å². The topological polar surface area (TPSA) is 82.1 Å². The van der Waals surface area contributed by atoms with E-state index in [0.717, 1.165) is 10.0 Å². The first-order valence-electron chi connectivity index (χ1n) is 10.8. The fraction of sp³-hybridized carbons (Fsp3) is 0.682. The molecule has 2 heterocycles. The molecule has 0 radical (unpaired) electrons. The van der Waals surface area contributed by atoms with Crippen LogP contribution in [-0.4, -0.2) is 49.3 Å². The molecule has 0 aromatic heterocycles. The molecule has 0 spiro atoms. The zero-order chi connectivity index (χ0) is 22.6. The van der Waals surface area contributed by atoms with Gasteiger partial charge in [-0.15, -0.1) is 0 Å². The molecule has 3 fully saturated rings. The van der Waals surface area contributed by atoms with Crippen LogP contribution in [0.25, 0.3) is 0 Å². The molecular weight excluding hydrogens is 486 g/mol. The Morgan fingerprint density at radius 1 is 1.23 bits per heavy atom. The van der Waals surface area contributed by atoms with Crippen molar-refractivity contribution in [2.24, 2.45) is 5.92 Å². The number of carbonyl (C=O) groups excluding carboxylic acids is 1. The van der Waals surface area contributed by atoms with Crippen molar-refractivity contribution in [1.82, 2.24) is 4.31 Å². The maximum absolute atomic E-state index is 12.7. The summed E-state index contributed by atoms with van der Waals surface area (Å²) in [5, 5.41) is 0. The van der Waals surface area contributed by atoms with E-state index in [9.17, 15) is 13.2 Å². The lowest BCUT2D eigenvalue weighted by Gasteiger charge is -2.31. The summed E-state index contributed by atoms with van der Waals surface area (Å²) >= 11 is 3.51. The molecule has 1 aromatic rings. The number of piperidine rings is 1. The summed E-state index contributed by atoms with van der Waals surface area (Å²) in [5.74, 6) is -1.67. The van der Waals surface area contributed by atoms with Crippen molar-refractivity contribution in [3.63, 3.8) is 0 Å². The molecule has 172 valence electrons. The minimum absolute atomic E-state index is 0.243. The smallest absolute Gasteiger partial charge is 0.344 e. The van der Waals surface area contributed by atoms with Gasteiger partial charge in [-0.1, -0.05) is 28.1 Å².